The van der Waals surface area contributed by atoms with Gasteiger partial charge in [-0.3, -0.25) is 9.36 Å². The second-order valence-corrected chi connectivity index (χ2v) is 8.59. The number of aromatic nitrogens is 3. The maximum absolute atomic E-state index is 12.4. The van der Waals surface area contributed by atoms with Gasteiger partial charge in [0.2, 0.25) is 5.91 Å². The molecule has 128 valence electrons. The highest BCUT2D eigenvalue weighted by molar-refractivity contribution is 8.00. The van der Waals surface area contributed by atoms with Crippen LogP contribution >= 0.6 is 11.8 Å². The number of para-hydroxylation sites is 1. The fourth-order valence-electron chi connectivity index (χ4n) is 2.47. The van der Waals surface area contributed by atoms with Crippen LogP contribution in [0.1, 0.15) is 52.3 Å². The van der Waals surface area contributed by atoms with E-state index in [-0.39, 0.29) is 16.7 Å². The van der Waals surface area contributed by atoms with Crippen LogP contribution in [0.2, 0.25) is 0 Å². The third-order valence-electron chi connectivity index (χ3n) is 3.76. The number of rotatable bonds is 5. The zero-order valence-electron chi connectivity index (χ0n) is 14.6. The van der Waals surface area contributed by atoms with Crippen LogP contribution in [-0.4, -0.2) is 31.5 Å². The van der Waals surface area contributed by atoms with Crippen LogP contribution in [0.5, 0.6) is 0 Å². The summed E-state index contributed by atoms with van der Waals surface area (Å²) in [5.74, 6) is 1.51. The Balaban J connectivity index is 1.85. The van der Waals surface area contributed by atoms with Gasteiger partial charge in [0.15, 0.2) is 5.16 Å². The highest BCUT2D eigenvalue weighted by Crippen LogP contribution is 2.41. The van der Waals surface area contributed by atoms with E-state index < -0.39 is 0 Å². The van der Waals surface area contributed by atoms with Gasteiger partial charge < -0.3 is 5.32 Å². The van der Waals surface area contributed by atoms with E-state index in [0.717, 1.165) is 29.5 Å². The number of thioether (sulfide) groups is 1. The van der Waals surface area contributed by atoms with Gasteiger partial charge in [-0.05, 0) is 52.7 Å². The van der Waals surface area contributed by atoms with Crippen LogP contribution < -0.4 is 5.32 Å². The van der Waals surface area contributed by atoms with Crippen molar-refractivity contribution in [3.8, 4) is 5.69 Å². The second-order valence-electron chi connectivity index (χ2n) is 7.29. The molecular weight excluding hydrogens is 320 g/mol. The zero-order chi connectivity index (χ0) is 17.3. The van der Waals surface area contributed by atoms with Crippen molar-refractivity contribution in [1.82, 2.24) is 20.1 Å². The van der Waals surface area contributed by atoms with Crippen molar-refractivity contribution in [2.24, 2.45) is 0 Å². The lowest BCUT2D eigenvalue weighted by atomic mass is 10.1. The second kappa shape index (κ2) is 6.59. The van der Waals surface area contributed by atoms with Crippen molar-refractivity contribution in [3.05, 3.63) is 36.2 Å². The summed E-state index contributed by atoms with van der Waals surface area (Å²) in [5, 5.41) is 12.3. The molecule has 1 aromatic carbocycles. The van der Waals surface area contributed by atoms with Gasteiger partial charge >= 0.3 is 0 Å². The topological polar surface area (TPSA) is 59.8 Å². The van der Waals surface area contributed by atoms with Gasteiger partial charge in [-0.2, -0.15) is 0 Å². The Morgan fingerprint density at radius 1 is 1.25 bits per heavy atom. The fourth-order valence-corrected chi connectivity index (χ4v) is 3.34. The molecule has 0 spiro atoms. The average molecular weight is 344 g/mol. The molecule has 1 amide bonds. The summed E-state index contributed by atoms with van der Waals surface area (Å²) < 4.78 is 2.10. The van der Waals surface area contributed by atoms with Gasteiger partial charge in [0.1, 0.15) is 5.82 Å². The molecule has 0 saturated heterocycles. The van der Waals surface area contributed by atoms with Gasteiger partial charge in [0, 0.05) is 17.1 Å². The summed E-state index contributed by atoms with van der Waals surface area (Å²) in [6.45, 7) is 7.87. The van der Waals surface area contributed by atoms with Crippen LogP contribution in [-0.2, 0) is 4.79 Å². The number of benzene rings is 1. The van der Waals surface area contributed by atoms with Gasteiger partial charge in [0.25, 0.3) is 0 Å². The number of carbonyl (C=O) groups excluding carboxylic acids is 1. The Morgan fingerprint density at radius 2 is 1.92 bits per heavy atom. The van der Waals surface area contributed by atoms with Gasteiger partial charge in [0.05, 0.1) is 5.25 Å². The van der Waals surface area contributed by atoms with Crippen molar-refractivity contribution in [2.75, 3.05) is 0 Å². The lowest BCUT2D eigenvalue weighted by molar-refractivity contribution is -0.121. The Bertz CT molecular complexity index is 716. The first-order chi connectivity index (χ1) is 11.3. The first-order valence-electron chi connectivity index (χ1n) is 8.34. The largest absolute Gasteiger partial charge is 0.351 e. The van der Waals surface area contributed by atoms with Crippen molar-refractivity contribution in [1.29, 1.82) is 0 Å². The first kappa shape index (κ1) is 17.0. The van der Waals surface area contributed by atoms with Crippen LogP contribution in [0.25, 0.3) is 5.69 Å². The van der Waals surface area contributed by atoms with E-state index in [4.69, 9.17) is 0 Å². The molecule has 6 heteroatoms. The van der Waals surface area contributed by atoms with Crippen molar-refractivity contribution in [2.45, 2.75) is 62.4 Å². The number of carbonyl (C=O) groups is 1. The maximum Gasteiger partial charge on any atom is 0.233 e. The molecule has 1 unspecified atom stereocenters. The number of hydrogen-bond acceptors (Lipinski definition) is 4. The SMILES string of the molecule is CC(Sc1nnc(C2CC2)n1-c1ccccc1)C(=O)NC(C)(C)C. The molecule has 24 heavy (non-hydrogen) atoms. The zero-order valence-corrected chi connectivity index (χ0v) is 15.4. The highest BCUT2D eigenvalue weighted by Gasteiger charge is 2.32. The predicted molar refractivity (Wildman–Crippen MR) is 96.5 cm³/mol. The molecule has 1 heterocycles. The molecule has 5 nitrogen and oxygen atoms in total. The number of amides is 1. The standard InChI is InChI=1S/C18H24N4OS/c1-12(16(23)19-18(2,3)4)24-17-21-20-15(13-10-11-13)22(17)14-8-6-5-7-9-14/h5-9,12-13H,10-11H2,1-4H3,(H,19,23). The summed E-state index contributed by atoms with van der Waals surface area (Å²) in [6, 6.07) is 10.1. The predicted octanol–water partition coefficient (Wildman–Crippen LogP) is 3.54. The van der Waals surface area contributed by atoms with Crippen LogP contribution in [0.3, 0.4) is 0 Å². The molecule has 1 saturated carbocycles. The first-order valence-corrected chi connectivity index (χ1v) is 9.22. The third kappa shape index (κ3) is 3.98. The number of nitrogens with one attached hydrogen (secondary N) is 1. The molecule has 0 radical (unpaired) electrons. The molecule has 1 fully saturated rings. The normalized spacial score (nSPS) is 16.0. The highest BCUT2D eigenvalue weighted by atomic mass is 32.2. The van der Waals surface area contributed by atoms with E-state index >= 15 is 0 Å². The van der Waals surface area contributed by atoms with E-state index in [0.29, 0.717) is 5.92 Å². The molecule has 0 bridgehead atoms. The Hall–Kier alpha value is -1.82. The smallest absolute Gasteiger partial charge is 0.233 e. The quantitative estimate of drug-likeness (QED) is 0.843. The minimum absolute atomic E-state index is 0.0167. The lowest BCUT2D eigenvalue weighted by Crippen LogP contribution is -2.44. The monoisotopic (exact) mass is 344 g/mol. The number of hydrogen-bond donors (Lipinski definition) is 1. The third-order valence-corrected chi connectivity index (χ3v) is 4.81. The molecule has 1 N–H and O–H groups in total. The van der Waals surface area contributed by atoms with Crippen molar-refractivity contribution in [3.63, 3.8) is 0 Å². The Morgan fingerprint density at radius 3 is 2.50 bits per heavy atom. The Labute approximate surface area is 147 Å². The molecule has 3 rings (SSSR count). The summed E-state index contributed by atoms with van der Waals surface area (Å²) >= 11 is 1.46. The molecule has 1 atom stereocenters. The fraction of sp³-hybridized carbons (Fsp3) is 0.500. The Kier molecular flexibility index (Phi) is 4.67. The maximum atomic E-state index is 12.4. The summed E-state index contributed by atoms with van der Waals surface area (Å²) in [4.78, 5) is 12.4. The minimum atomic E-state index is -0.238. The van der Waals surface area contributed by atoms with Gasteiger partial charge in [-0.25, -0.2) is 0 Å². The molecule has 2 aromatic rings. The van der Waals surface area contributed by atoms with E-state index in [1.54, 1.807) is 0 Å². The molecule has 1 aliphatic rings. The van der Waals surface area contributed by atoms with Crippen LogP contribution in [0, 0.1) is 0 Å². The van der Waals surface area contributed by atoms with Crippen molar-refractivity contribution >= 4 is 17.7 Å². The molecule has 1 aliphatic carbocycles. The van der Waals surface area contributed by atoms with E-state index in [1.165, 1.54) is 11.8 Å². The minimum Gasteiger partial charge on any atom is -0.351 e. The molecular formula is C18H24N4OS. The number of nitrogens with zero attached hydrogens (tertiary/aromatic N) is 3. The van der Waals surface area contributed by atoms with Crippen LogP contribution in [0.4, 0.5) is 0 Å². The average Bonchev–Trinajstić information content (AvgIpc) is 3.27. The van der Waals surface area contributed by atoms with E-state index in [2.05, 4.69) is 32.2 Å². The van der Waals surface area contributed by atoms with Gasteiger partial charge in [-0.15, -0.1) is 10.2 Å². The van der Waals surface area contributed by atoms with E-state index in [1.807, 2.05) is 45.9 Å². The van der Waals surface area contributed by atoms with Crippen molar-refractivity contribution < 1.29 is 4.79 Å². The summed E-state index contributed by atoms with van der Waals surface area (Å²) in [7, 11) is 0. The van der Waals surface area contributed by atoms with Crippen LogP contribution in [0.15, 0.2) is 35.5 Å². The van der Waals surface area contributed by atoms with E-state index in [9.17, 15) is 4.79 Å². The molecule has 1 aromatic heterocycles. The summed E-state index contributed by atoms with van der Waals surface area (Å²) in [6.07, 6.45) is 2.32. The van der Waals surface area contributed by atoms with Gasteiger partial charge in [-0.1, -0.05) is 30.0 Å². The molecule has 0 aliphatic heterocycles. The lowest BCUT2D eigenvalue weighted by Gasteiger charge is -2.23. The summed E-state index contributed by atoms with van der Waals surface area (Å²) in [5.41, 5.74) is 0.813.